The van der Waals surface area contributed by atoms with Crippen molar-refractivity contribution in [1.82, 2.24) is 20.5 Å². The van der Waals surface area contributed by atoms with Crippen LogP contribution in [0.5, 0.6) is 0 Å². The summed E-state index contributed by atoms with van der Waals surface area (Å²) < 4.78 is 5.56. The molecule has 0 saturated heterocycles. The fraction of sp³-hybridized carbons (Fsp3) is 0.452. The van der Waals surface area contributed by atoms with E-state index in [1.165, 1.54) is 0 Å². The van der Waals surface area contributed by atoms with Gasteiger partial charge in [0, 0.05) is 41.7 Å². The van der Waals surface area contributed by atoms with E-state index in [-0.39, 0.29) is 35.8 Å². The summed E-state index contributed by atoms with van der Waals surface area (Å²) in [4.78, 5) is 46.1. The minimum absolute atomic E-state index is 0.0737. The van der Waals surface area contributed by atoms with Crippen LogP contribution in [0.1, 0.15) is 73.8 Å². The van der Waals surface area contributed by atoms with Crippen molar-refractivity contribution in [3.8, 4) is 0 Å². The number of H-pyrrole nitrogens is 1. The summed E-state index contributed by atoms with van der Waals surface area (Å²) >= 11 is 0. The first-order chi connectivity index (χ1) is 18.8. The zero-order valence-electron chi connectivity index (χ0n) is 23.1. The Bertz CT molecular complexity index is 1380. The van der Waals surface area contributed by atoms with E-state index in [1.54, 1.807) is 4.90 Å². The molecule has 3 amide bonds. The lowest BCUT2D eigenvalue weighted by Gasteiger charge is -2.38. The molecule has 2 aliphatic heterocycles. The third-order valence-corrected chi connectivity index (χ3v) is 8.02. The molecule has 0 radical (unpaired) electrons. The van der Waals surface area contributed by atoms with Crippen LogP contribution in [0, 0.1) is 5.92 Å². The number of fused-ring (bicyclic) bond motifs is 7. The summed E-state index contributed by atoms with van der Waals surface area (Å²) in [5.74, 6) is -0.746. The number of rotatable bonds is 10. The van der Waals surface area contributed by atoms with Gasteiger partial charge >= 0.3 is 0 Å². The molecule has 0 aliphatic carbocycles. The molecule has 1 aromatic heterocycles. The summed E-state index contributed by atoms with van der Waals surface area (Å²) in [7, 11) is 0. The number of nitrogens with zero attached hydrogens (tertiary/aromatic N) is 1. The average molecular weight is 531 g/mol. The van der Waals surface area contributed by atoms with Crippen LogP contribution in [-0.2, 0) is 20.7 Å². The maximum absolute atomic E-state index is 14.0. The van der Waals surface area contributed by atoms with Crippen LogP contribution in [-0.4, -0.2) is 58.9 Å². The molecule has 0 spiro atoms. The summed E-state index contributed by atoms with van der Waals surface area (Å²) in [5, 5.41) is 7.06. The smallest absolute Gasteiger partial charge is 0.255 e. The molecular formula is C31H38N4O4. The highest BCUT2D eigenvalue weighted by Gasteiger charge is 2.49. The van der Waals surface area contributed by atoms with E-state index >= 15 is 0 Å². The van der Waals surface area contributed by atoms with E-state index in [0.717, 1.165) is 34.1 Å². The Morgan fingerprint density at radius 1 is 1.10 bits per heavy atom. The van der Waals surface area contributed by atoms with E-state index < -0.39 is 12.1 Å². The van der Waals surface area contributed by atoms with Crippen LogP contribution in [0.3, 0.4) is 0 Å². The standard InChI is InChI=1S/C31H38N4O4/c1-5-19(4)26(30(37)32-15-10-16-39-18(2)3)34-29(36)25-17-23-20-11-8-9-14-24(20)33-27(23)28-21-12-6-7-13-22(21)31(38)35(25)28/h6-9,11-14,18-19,25-26,28,33H,5,10,15-17H2,1-4H3,(H,32,37)(H,34,36)/t19-,25+,26+,28+/m1/s1. The Labute approximate surface area is 229 Å². The molecule has 206 valence electrons. The van der Waals surface area contributed by atoms with Crippen molar-refractivity contribution in [3.63, 3.8) is 0 Å². The Hall–Kier alpha value is -3.65. The number of carbonyl (C=O) groups excluding carboxylic acids is 3. The van der Waals surface area contributed by atoms with Crippen LogP contribution in [0.15, 0.2) is 48.5 Å². The number of carbonyl (C=O) groups is 3. The molecule has 5 rings (SSSR count). The lowest BCUT2D eigenvalue weighted by Crippen LogP contribution is -2.58. The molecule has 2 aliphatic rings. The normalized spacial score (nSPS) is 19.4. The molecule has 3 N–H and O–H groups in total. The van der Waals surface area contributed by atoms with Gasteiger partial charge in [0.05, 0.1) is 12.1 Å². The van der Waals surface area contributed by atoms with Gasteiger partial charge in [0.2, 0.25) is 11.8 Å². The highest BCUT2D eigenvalue weighted by molar-refractivity contribution is 6.04. The van der Waals surface area contributed by atoms with E-state index in [1.807, 2.05) is 70.2 Å². The third kappa shape index (κ3) is 5.05. The van der Waals surface area contributed by atoms with Gasteiger partial charge in [-0.2, -0.15) is 0 Å². The van der Waals surface area contributed by atoms with Gasteiger partial charge in [0.15, 0.2) is 0 Å². The Balaban J connectivity index is 1.42. The number of ether oxygens (including phenoxy) is 1. The predicted octanol–water partition coefficient (Wildman–Crippen LogP) is 4.10. The Morgan fingerprint density at radius 3 is 2.62 bits per heavy atom. The van der Waals surface area contributed by atoms with Crippen LogP contribution in [0.2, 0.25) is 0 Å². The zero-order chi connectivity index (χ0) is 27.7. The van der Waals surface area contributed by atoms with Gasteiger partial charge in [-0.15, -0.1) is 0 Å². The van der Waals surface area contributed by atoms with Crippen molar-refractivity contribution in [2.75, 3.05) is 13.2 Å². The maximum atomic E-state index is 14.0. The quantitative estimate of drug-likeness (QED) is 0.344. The topological polar surface area (TPSA) is 104 Å². The molecule has 0 saturated carbocycles. The van der Waals surface area contributed by atoms with Gasteiger partial charge < -0.3 is 25.3 Å². The number of nitrogens with one attached hydrogen (secondary N) is 3. The number of hydrogen-bond acceptors (Lipinski definition) is 4. The predicted molar refractivity (Wildman–Crippen MR) is 150 cm³/mol. The van der Waals surface area contributed by atoms with Crippen molar-refractivity contribution < 1.29 is 19.1 Å². The van der Waals surface area contributed by atoms with E-state index in [2.05, 4.69) is 21.7 Å². The largest absolute Gasteiger partial charge is 0.379 e. The number of aromatic amines is 1. The first-order valence-electron chi connectivity index (χ1n) is 14.0. The van der Waals surface area contributed by atoms with E-state index in [9.17, 15) is 14.4 Å². The molecule has 3 heterocycles. The summed E-state index contributed by atoms with van der Waals surface area (Å²) in [6.07, 6.45) is 1.94. The fourth-order valence-electron chi connectivity index (χ4n) is 5.80. The summed E-state index contributed by atoms with van der Waals surface area (Å²) in [5.41, 5.74) is 4.50. The van der Waals surface area contributed by atoms with Gasteiger partial charge in [0.1, 0.15) is 12.1 Å². The van der Waals surface area contributed by atoms with Crippen molar-refractivity contribution in [2.45, 2.75) is 71.2 Å². The molecule has 8 nitrogen and oxygen atoms in total. The summed E-state index contributed by atoms with van der Waals surface area (Å²) in [6, 6.07) is 13.8. The second-order valence-electron chi connectivity index (χ2n) is 10.9. The number of benzene rings is 2. The number of aromatic nitrogens is 1. The second-order valence-corrected chi connectivity index (χ2v) is 10.9. The highest BCUT2D eigenvalue weighted by Crippen LogP contribution is 2.46. The fourth-order valence-corrected chi connectivity index (χ4v) is 5.80. The molecule has 8 heteroatoms. The third-order valence-electron chi connectivity index (χ3n) is 8.02. The molecule has 2 aromatic carbocycles. The first kappa shape index (κ1) is 26.9. The second kappa shape index (κ2) is 11.2. The molecule has 39 heavy (non-hydrogen) atoms. The van der Waals surface area contributed by atoms with Gasteiger partial charge in [-0.3, -0.25) is 14.4 Å². The number of para-hydroxylation sites is 1. The van der Waals surface area contributed by atoms with E-state index in [0.29, 0.717) is 31.6 Å². The SMILES string of the molecule is CC[C@@H](C)[C@H](NC(=O)[C@@H]1Cc2c([nH]c3ccccc23)[C@@H]2c3ccccc3C(=O)N21)C(=O)NCCCOC(C)C. The molecule has 3 aromatic rings. The Morgan fingerprint density at radius 2 is 1.85 bits per heavy atom. The van der Waals surface area contributed by atoms with Crippen LogP contribution >= 0.6 is 0 Å². The number of amides is 3. The first-order valence-corrected chi connectivity index (χ1v) is 14.0. The average Bonchev–Trinajstić information content (AvgIpc) is 3.45. The van der Waals surface area contributed by atoms with Crippen molar-refractivity contribution in [1.29, 1.82) is 0 Å². The number of hydrogen-bond donors (Lipinski definition) is 3. The highest BCUT2D eigenvalue weighted by atomic mass is 16.5. The van der Waals surface area contributed by atoms with Crippen molar-refractivity contribution in [3.05, 3.63) is 70.9 Å². The minimum atomic E-state index is -0.736. The summed E-state index contributed by atoms with van der Waals surface area (Å²) in [6.45, 7) is 8.95. The van der Waals surface area contributed by atoms with Gasteiger partial charge in [0.25, 0.3) is 5.91 Å². The Kier molecular flexibility index (Phi) is 7.75. The monoisotopic (exact) mass is 530 g/mol. The molecular weight excluding hydrogens is 492 g/mol. The van der Waals surface area contributed by atoms with Gasteiger partial charge in [-0.25, -0.2) is 0 Å². The van der Waals surface area contributed by atoms with Crippen molar-refractivity contribution in [2.24, 2.45) is 5.92 Å². The molecule has 0 fully saturated rings. The lowest BCUT2D eigenvalue weighted by molar-refractivity contribution is -0.133. The zero-order valence-corrected chi connectivity index (χ0v) is 23.1. The van der Waals surface area contributed by atoms with Crippen LogP contribution in [0.4, 0.5) is 0 Å². The lowest BCUT2D eigenvalue weighted by atomic mass is 9.89. The minimum Gasteiger partial charge on any atom is -0.379 e. The maximum Gasteiger partial charge on any atom is 0.255 e. The van der Waals surface area contributed by atoms with E-state index in [4.69, 9.17) is 4.74 Å². The van der Waals surface area contributed by atoms with Crippen LogP contribution < -0.4 is 10.6 Å². The van der Waals surface area contributed by atoms with Crippen LogP contribution in [0.25, 0.3) is 10.9 Å². The molecule has 0 bridgehead atoms. The molecule has 0 unspecified atom stereocenters. The van der Waals surface area contributed by atoms with Gasteiger partial charge in [-0.05, 0) is 49.4 Å². The molecule has 4 atom stereocenters. The van der Waals surface area contributed by atoms with Crippen molar-refractivity contribution >= 4 is 28.6 Å². The van der Waals surface area contributed by atoms with Gasteiger partial charge in [-0.1, -0.05) is 56.7 Å².